The Balaban J connectivity index is 1.78. The molecule has 0 aromatic heterocycles. The number of phenolic OH excluding ortho intramolecular Hbond substituents is 1. The van der Waals surface area contributed by atoms with Crippen LogP contribution < -0.4 is 4.74 Å². The Bertz CT molecular complexity index is 694. The SMILES string of the molecule is COc1cccc([C@H](CN=Cc2ccccc2O)N2CCCC2)c1. The van der Waals surface area contributed by atoms with Crippen LogP contribution in [0.5, 0.6) is 11.5 Å². The Labute approximate surface area is 143 Å². The first-order chi connectivity index (χ1) is 11.8. The molecule has 0 spiro atoms. The van der Waals surface area contributed by atoms with Gasteiger partial charge in [-0.25, -0.2) is 0 Å². The Hall–Kier alpha value is -2.33. The second kappa shape index (κ2) is 7.97. The lowest BCUT2D eigenvalue weighted by molar-refractivity contribution is 0.251. The molecule has 1 atom stereocenters. The summed E-state index contributed by atoms with van der Waals surface area (Å²) in [5, 5.41) is 9.85. The normalized spacial score (nSPS) is 16.5. The fourth-order valence-corrected chi connectivity index (χ4v) is 3.18. The molecule has 0 aliphatic carbocycles. The third-order valence-electron chi connectivity index (χ3n) is 4.51. The summed E-state index contributed by atoms with van der Waals surface area (Å²) in [4.78, 5) is 7.09. The number of aromatic hydroxyl groups is 1. The predicted molar refractivity (Wildman–Crippen MR) is 97.1 cm³/mol. The summed E-state index contributed by atoms with van der Waals surface area (Å²) in [7, 11) is 1.69. The minimum atomic E-state index is 0.240. The molecule has 0 saturated carbocycles. The molecule has 1 heterocycles. The number of hydrogen-bond donors (Lipinski definition) is 1. The van der Waals surface area contributed by atoms with Gasteiger partial charge in [-0.15, -0.1) is 0 Å². The van der Waals surface area contributed by atoms with E-state index in [1.807, 2.05) is 30.3 Å². The summed E-state index contributed by atoms with van der Waals surface area (Å²) in [6.07, 6.45) is 4.24. The molecule has 1 aliphatic rings. The maximum absolute atomic E-state index is 9.85. The molecule has 2 aromatic carbocycles. The monoisotopic (exact) mass is 324 g/mol. The summed E-state index contributed by atoms with van der Waals surface area (Å²) in [6, 6.07) is 15.7. The lowest BCUT2D eigenvalue weighted by Gasteiger charge is -2.26. The van der Waals surface area contributed by atoms with E-state index in [2.05, 4.69) is 22.0 Å². The first-order valence-corrected chi connectivity index (χ1v) is 8.44. The van der Waals surface area contributed by atoms with Gasteiger partial charge in [0.15, 0.2) is 0 Å². The Morgan fingerprint density at radius 2 is 1.96 bits per heavy atom. The van der Waals surface area contributed by atoms with E-state index in [9.17, 15) is 5.11 Å². The molecule has 0 unspecified atom stereocenters. The highest BCUT2D eigenvalue weighted by molar-refractivity contribution is 5.83. The van der Waals surface area contributed by atoms with Crippen molar-refractivity contribution in [2.45, 2.75) is 18.9 Å². The van der Waals surface area contributed by atoms with E-state index in [0.29, 0.717) is 6.54 Å². The quantitative estimate of drug-likeness (QED) is 0.825. The van der Waals surface area contributed by atoms with Crippen molar-refractivity contribution in [3.8, 4) is 11.5 Å². The number of likely N-dealkylation sites (tertiary alicyclic amines) is 1. The summed E-state index contributed by atoms with van der Waals surface area (Å²) >= 11 is 0. The van der Waals surface area contributed by atoms with Crippen LogP contribution in [0.4, 0.5) is 0 Å². The van der Waals surface area contributed by atoms with Gasteiger partial charge in [0.2, 0.25) is 0 Å². The highest BCUT2D eigenvalue weighted by atomic mass is 16.5. The van der Waals surface area contributed by atoms with Gasteiger partial charge in [-0.1, -0.05) is 24.3 Å². The van der Waals surface area contributed by atoms with Crippen LogP contribution >= 0.6 is 0 Å². The van der Waals surface area contributed by atoms with Crippen molar-refractivity contribution in [3.63, 3.8) is 0 Å². The summed E-state index contributed by atoms with van der Waals surface area (Å²) < 4.78 is 5.37. The van der Waals surface area contributed by atoms with Gasteiger partial charge in [-0.2, -0.15) is 0 Å². The summed E-state index contributed by atoms with van der Waals surface area (Å²) in [6.45, 7) is 2.88. The smallest absolute Gasteiger partial charge is 0.124 e. The fraction of sp³-hybridized carbons (Fsp3) is 0.350. The van der Waals surface area contributed by atoms with E-state index in [1.54, 1.807) is 19.4 Å². The number of nitrogens with zero attached hydrogens (tertiary/aromatic N) is 2. The van der Waals surface area contributed by atoms with Crippen molar-refractivity contribution < 1.29 is 9.84 Å². The first-order valence-electron chi connectivity index (χ1n) is 8.44. The molecule has 0 radical (unpaired) electrons. The second-order valence-electron chi connectivity index (χ2n) is 6.09. The number of benzene rings is 2. The second-order valence-corrected chi connectivity index (χ2v) is 6.09. The van der Waals surface area contributed by atoms with Gasteiger partial charge in [-0.05, 0) is 55.8 Å². The lowest BCUT2D eigenvalue weighted by Crippen LogP contribution is -2.27. The standard InChI is InChI=1S/C20H24N2O2/c1-24-18-9-6-8-16(13-18)19(22-11-4-5-12-22)15-21-14-17-7-2-3-10-20(17)23/h2-3,6-10,13-14,19,23H,4-5,11-12,15H2,1H3/t19-/m0/s1. The maximum atomic E-state index is 9.85. The highest BCUT2D eigenvalue weighted by Crippen LogP contribution is 2.28. The van der Waals surface area contributed by atoms with E-state index in [4.69, 9.17) is 4.74 Å². The molecule has 2 aromatic rings. The number of ether oxygens (including phenoxy) is 1. The van der Waals surface area contributed by atoms with Crippen molar-refractivity contribution in [2.75, 3.05) is 26.7 Å². The average Bonchev–Trinajstić information content (AvgIpc) is 3.14. The number of hydrogen-bond acceptors (Lipinski definition) is 4. The van der Waals surface area contributed by atoms with Gasteiger partial charge in [0.05, 0.1) is 19.7 Å². The van der Waals surface area contributed by atoms with Crippen LogP contribution in [0, 0.1) is 0 Å². The van der Waals surface area contributed by atoms with Crippen LogP contribution in [0.15, 0.2) is 53.5 Å². The zero-order chi connectivity index (χ0) is 16.8. The Kier molecular flexibility index (Phi) is 5.49. The lowest BCUT2D eigenvalue weighted by atomic mass is 10.1. The molecule has 4 nitrogen and oxygen atoms in total. The molecular weight excluding hydrogens is 300 g/mol. The minimum Gasteiger partial charge on any atom is -0.507 e. The molecule has 0 amide bonds. The van der Waals surface area contributed by atoms with E-state index in [-0.39, 0.29) is 11.8 Å². The van der Waals surface area contributed by atoms with Gasteiger partial charge in [-0.3, -0.25) is 9.89 Å². The number of phenols is 1. The minimum absolute atomic E-state index is 0.240. The highest BCUT2D eigenvalue weighted by Gasteiger charge is 2.23. The number of para-hydroxylation sites is 1. The van der Waals surface area contributed by atoms with Crippen molar-refractivity contribution >= 4 is 6.21 Å². The van der Waals surface area contributed by atoms with E-state index < -0.39 is 0 Å². The van der Waals surface area contributed by atoms with Crippen molar-refractivity contribution in [1.82, 2.24) is 4.90 Å². The molecule has 3 rings (SSSR count). The van der Waals surface area contributed by atoms with Crippen LogP contribution in [0.1, 0.15) is 30.0 Å². The van der Waals surface area contributed by atoms with E-state index in [0.717, 1.165) is 24.4 Å². The van der Waals surface area contributed by atoms with Gasteiger partial charge >= 0.3 is 0 Å². The van der Waals surface area contributed by atoms with Crippen molar-refractivity contribution in [1.29, 1.82) is 0 Å². The largest absolute Gasteiger partial charge is 0.507 e. The topological polar surface area (TPSA) is 45.1 Å². The number of aliphatic imine (C=N–C) groups is 1. The van der Waals surface area contributed by atoms with Crippen LogP contribution in [-0.2, 0) is 0 Å². The number of rotatable bonds is 6. The van der Waals surface area contributed by atoms with Gasteiger partial charge in [0.25, 0.3) is 0 Å². The Morgan fingerprint density at radius 1 is 1.17 bits per heavy atom. The molecule has 4 heteroatoms. The third-order valence-corrected chi connectivity index (χ3v) is 4.51. The third kappa shape index (κ3) is 3.95. The van der Waals surface area contributed by atoms with Crippen LogP contribution in [0.3, 0.4) is 0 Å². The number of methoxy groups -OCH3 is 1. The molecule has 1 fully saturated rings. The summed E-state index contributed by atoms with van der Waals surface area (Å²) in [5.41, 5.74) is 1.98. The van der Waals surface area contributed by atoms with Crippen molar-refractivity contribution in [2.24, 2.45) is 4.99 Å². The molecule has 126 valence electrons. The zero-order valence-corrected chi connectivity index (χ0v) is 14.1. The van der Waals surface area contributed by atoms with Gasteiger partial charge in [0, 0.05) is 11.8 Å². The molecular formula is C20H24N2O2. The van der Waals surface area contributed by atoms with Crippen LogP contribution in [-0.4, -0.2) is 43.0 Å². The molecule has 1 N–H and O–H groups in total. The fourth-order valence-electron chi connectivity index (χ4n) is 3.18. The molecule has 1 aliphatic heterocycles. The average molecular weight is 324 g/mol. The first kappa shape index (κ1) is 16.5. The maximum Gasteiger partial charge on any atom is 0.124 e. The molecule has 1 saturated heterocycles. The van der Waals surface area contributed by atoms with Crippen LogP contribution in [0.25, 0.3) is 0 Å². The zero-order valence-electron chi connectivity index (χ0n) is 14.1. The van der Waals surface area contributed by atoms with Crippen molar-refractivity contribution in [3.05, 3.63) is 59.7 Å². The van der Waals surface area contributed by atoms with Gasteiger partial charge < -0.3 is 9.84 Å². The molecule has 0 bridgehead atoms. The van der Waals surface area contributed by atoms with Gasteiger partial charge in [0.1, 0.15) is 11.5 Å². The van der Waals surface area contributed by atoms with Crippen LogP contribution in [0.2, 0.25) is 0 Å². The predicted octanol–water partition coefficient (Wildman–Crippen LogP) is 3.66. The van der Waals surface area contributed by atoms with E-state index in [1.165, 1.54) is 18.4 Å². The summed E-state index contributed by atoms with van der Waals surface area (Å²) in [5.74, 6) is 1.14. The van der Waals surface area contributed by atoms with E-state index >= 15 is 0 Å². The Morgan fingerprint density at radius 3 is 2.71 bits per heavy atom. The molecule has 24 heavy (non-hydrogen) atoms.